The van der Waals surface area contributed by atoms with Crippen LogP contribution in [0.3, 0.4) is 0 Å². The van der Waals surface area contributed by atoms with Crippen LogP contribution in [0.4, 0.5) is 0 Å². The Kier molecular flexibility index (Phi) is 4.36. The number of aliphatic hydroxyl groups excluding tert-OH is 1. The Labute approximate surface area is 71.5 Å². The number of aliphatic hydroxyl groups is 1. The standard InChI is InChI=1S/C8H14O4/c1-4-6(9)7(12-3)5(2)8(10)11/h6,9H,4H2,1-3H3,(H,10,11)/b7-5+. The molecule has 0 aromatic carbocycles. The van der Waals surface area contributed by atoms with Crippen LogP contribution in [0.15, 0.2) is 11.3 Å². The molecule has 4 heteroatoms. The van der Waals surface area contributed by atoms with Crippen molar-refractivity contribution >= 4 is 5.97 Å². The number of hydrogen-bond donors (Lipinski definition) is 2. The fourth-order valence-electron chi connectivity index (χ4n) is 0.830. The van der Waals surface area contributed by atoms with Crippen LogP contribution >= 0.6 is 0 Å². The Balaban J connectivity index is 4.72. The third-order valence-corrected chi connectivity index (χ3v) is 1.60. The molecule has 0 bridgehead atoms. The molecule has 1 unspecified atom stereocenters. The van der Waals surface area contributed by atoms with Crippen molar-refractivity contribution in [2.45, 2.75) is 26.4 Å². The van der Waals surface area contributed by atoms with E-state index in [-0.39, 0.29) is 11.3 Å². The second-order valence-corrected chi connectivity index (χ2v) is 2.42. The van der Waals surface area contributed by atoms with Gasteiger partial charge in [0.15, 0.2) is 0 Å². The van der Waals surface area contributed by atoms with E-state index in [1.165, 1.54) is 14.0 Å². The first-order valence-corrected chi connectivity index (χ1v) is 3.70. The Morgan fingerprint density at radius 2 is 2.08 bits per heavy atom. The highest BCUT2D eigenvalue weighted by Gasteiger charge is 2.16. The number of methoxy groups -OCH3 is 1. The van der Waals surface area contributed by atoms with Crippen molar-refractivity contribution in [3.05, 3.63) is 11.3 Å². The Morgan fingerprint density at radius 3 is 2.33 bits per heavy atom. The van der Waals surface area contributed by atoms with Crippen LogP contribution in [0.25, 0.3) is 0 Å². The molecule has 0 rings (SSSR count). The molecule has 4 nitrogen and oxygen atoms in total. The van der Waals surface area contributed by atoms with Gasteiger partial charge in [-0.15, -0.1) is 0 Å². The zero-order valence-electron chi connectivity index (χ0n) is 7.50. The van der Waals surface area contributed by atoms with Crippen LogP contribution in [0.5, 0.6) is 0 Å². The average molecular weight is 174 g/mol. The molecule has 0 fully saturated rings. The van der Waals surface area contributed by atoms with Gasteiger partial charge in [0, 0.05) is 0 Å². The Morgan fingerprint density at radius 1 is 1.58 bits per heavy atom. The molecule has 0 aromatic rings. The smallest absolute Gasteiger partial charge is 0.334 e. The van der Waals surface area contributed by atoms with Crippen LogP contribution < -0.4 is 0 Å². The first-order chi connectivity index (χ1) is 5.54. The monoisotopic (exact) mass is 174 g/mol. The summed E-state index contributed by atoms with van der Waals surface area (Å²) in [5, 5.41) is 17.9. The maximum Gasteiger partial charge on any atom is 0.334 e. The molecule has 12 heavy (non-hydrogen) atoms. The molecule has 0 spiro atoms. The van der Waals surface area contributed by atoms with Gasteiger partial charge in [-0.3, -0.25) is 0 Å². The van der Waals surface area contributed by atoms with Gasteiger partial charge in [0.2, 0.25) is 0 Å². The van der Waals surface area contributed by atoms with Gasteiger partial charge in [-0.2, -0.15) is 0 Å². The molecule has 70 valence electrons. The molecule has 0 aliphatic carbocycles. The van der Waals surface area contributed by atoms with Gasteiger partial charge >= 0.3 is 5.97 Å². The van der Waals surface area contributed by atoms with Gasteiger partial charge in [0.25, 0.3) is 0 Å². The summed E-state index contributed by atoms with van der Waals surface area (Å²) in [6.07, 6.45) is -0.389. The van der Waals surface area contributed by atoms with Crippen molar-refractivity contribution in [2.75, 3.05) is 7.11 Å². The minimum atomic E-state index is -1.07. The highest BCUT2D eigenvalue weighted by Crippen LogP contribution is 2.12. The summed E-state index contributed by atoms with van der Waals surface area (Å²) in [5.74, 6) is -0.940. The number of carbonyl (C=O) groups is 1. The number of hydrogen-bond acceptors (Lipinski definition) is 3. The van der Waals surface area contributed by atoms with Gasteiger partial charge in [-0.05, 0) is 13.3 Å². The van der Waals surface area contributed by atoms with Crippen molar-refractivity contribution in [3.63, 3.8) is 0 Å². The lowest BCUT2D eigenvalue weighted by Crippen LogP contribution is -2.15. The van der Waals surface area contributed by atoms with E-state index in [0.29, 0.717) is 6.42 Å². The van der Waals surface area contributed by atoms with E-state index in [1.54, 1.807) is 6.92 Å². The van der Waals surface area contributed by atoms with Crippen LogP contribution in [-0.4, -0.2) is 29.4 Å². The molecule has 0 radical (unpaired) electrons. The van der Waals surface area contributed by atoms with Crippen molar-refractivity contribution in [3.8, 4) is 0 Å². The van der Waals surface area contributed by atoms with Crippen LogP contribution in [-0.2, 0) is 9.53 Å². The lowest BCUT2D eigenvalue weighted by atomic mass is 10.1. The fourth-order valence-corrected chi connectivity index (χ4v) is 0.830. The number of ether oxygens (including phenoxy) is 1. The SMILES string of the molecule is CCC(O)/C(OC)=C(/C)C(=O)O. The minimum absolute atomic E-state index is 0.0480. The predicted molar refractivity (Wildman–Crippen MR) is 43.6 cm³/mol. The molecular weight excluding hydrogens is 160 g/mol. The number of rotatable bonds is 4. The van der Waals surface area contributed by atoms with E-state index in [1.807, 2.05) is 0 Å². The third kappa shape index (κ3) is 2.54. The van der Waals surface area contributed by atoms with E-state index < -0.39 is 12.1 Å². The number of carboxylic acids is 1. The Bertz CT molecular complexity index is 195. The lowest BCUT2D eigenvalue weighted by Gasteiger charge is -2.13. The largest absolute Gasteiger partial charge is 0.498 e. The number of aliphatic carboxylic acids is 1. The zero-order valence-corrected chi connectivity index (χ0v) is 7.50. The summed E-state index contributed by atoms with van der Waals surface area (Å²) >= 11 is 0. The van der Waals surface area contributed by atoms with E-state index in [9.17, 15) is 9.90 Å². The second kappa shape index (κ2) is 4.77. The first-order valence-electron chi connectivity index (χ1n) is 3.70. The van der Waals surface area contributed by atoms with Gasteiger partial charge < -0.3 is 14.9 Å². The predicted octanol–water partition coefficient (Wildman–Crippen LogP) is 0.762. The normalized spacial score (nSPS) is 15.0. The molecule has 0 saturated heterocycles. The second-order valence-electron chi connectivity index (χ2n) is 2.42. The van der Waals surface area contributed by atoms with Crippen LogP contribution in [0.2, 0.25) is 0 Å². The summed E-state index contributed by atoms with van der Waals surface area (Å²) in [6.45, 7) is 3.15. The minimum Gasteiger partial charge on any atom is -0.498 e. The summed E-state index contributed by atoms with van der Waals surface area (Å²) in [4.78, 5) is 10.5. The molecule has 0 amide bonds. The molecule has 2 N–H and O–H groups in total. The molecule has 0 heterocycles. The van der Waals surface area contributed by atoms with Gasteiger partial charge in [-0.1, -0.05) is 6.92 Å². The molecule has 1 atom stereocenters. The lowest BCUT2D eigenvalue weighted by molar-refractivity contribution is -0.133. The summed E-state index contributed by atoms with van der Waals surface area (Å²) < 4.78 is 4.77. The van der Waals surface area contributed by atoms with Gasteiger partial charge in [-0.25, -0.2) is 4.79 Å². The fraction of sp³-hybridized carbons (Fsp3) is 0.625. The quantitative estimate of drug-likeness (QED) is 0.488. The molecule has 0 aromatic heterocycles. The van der Waals surface area contributed by atoms with Crippen LogP contribution in [0, 0.1) is 0 Å². The van der Waals surface area contributed by atoms with E-state index in [4.69, 9.17) is 9.84 Å². The summed E-state index contributed by atoms with van der Waals surface area (Å²) in [5.41, 5.74) is 0.0480. The summed E-state index contributed by atoms with van der Waals surface area (Å²) in [6, 6.07) is 0. The van der Waals surface area contributed by atoms with Gasteiger partial charge in [0.1, 0.15) is 11.9 Å². The molecule has 0 aliphatic rings. The van der Waals surface area contributed by atoms with Crippen molar-refractivity contribution < 1.29 is 19.7 Å². The average Bonchev–Trinajstić information content (AvgIpc) is 2.05. The maximum absolute atomic E-state index is 10.5. The van der Waals surface area contributed by atoms with Gasteiger partial charge in [0.05, 0.1) is 12.7 Å². The first kappa shape index (κ1) is 11.0. The number of carboxylic acid groups (broad SMARTS) is 1. The van der Waals surface area contributed by atoms with Crippen molar-refractivity contribution in [1.82, 2.24) is 0 Å². The van der Waals surface area contributed by atoms with Crippen molar-refractivity contribution in [1.29, 1.82) is 0 Å². The molecule has 0 aliphatic heterocycles. The Hall–Kier alpha value is -1.03. The maximum atomic E-state index is 10.5. The van der Waals surface area contributed by atoms with E-state index >= 15 is 0 Å². The zero-order chi connectivity index (χ0) is 9.72. The van der Waals surface area contributed by atoms with E-state index in [2.05, 4.69) is 0 Å². The third-order valence-electron chi connectivity index (χ3n) is 1.60. The van der Waals surface area contributed by atoms with Crippen LogP contribution in [0.1, 0.15) is 20.3 Å². The topological polar surface area (TPSA) is 66.8 Å². The summed E-state index contributed by atoms with van der Waals surface area (Å²) in [7, 11) is 1.35. The highest BCUT2D eigenvalue weighted by atomic mass is 16.5. The molecule has 0 saturated carbocycles. The molecular formula is C8H14O4. The highest BCUT2D eigenvalue weighted by molar-refractivity contribution is 5.86. The van der Waals surface area contributed by atoms with E-state index in [0.717, 1.165) is 0 Å². The van der Waals surface area contributed by atoms with Crippen molar-refractivity contribution in [2.24, 2.45) is 0 Å².